The Kier molecular flexibility index (Phi) is 5.26. The van der Waals surface area contributed by atoms with E-state index in [-0.39, 0.29) is 17.1 Å². The molecular weight excluding hydrogens is 397 g/mol. The van der Waals surface area contributed by atoms with Crippen molar-refractivity contribution in [2.24, 2.45) is 7.05 Å². The zero-order valence-electron chi connectivity index (χ0n) is 14.9. The number of likely N-dealkylation sites (N-methyl/N-ethyl adjacent to an activating group) is 1. The Bertz CT molecular complexity index is 994. The van der Waals surface area contributed by atoms with Crippen LogP contribution < -0.4 is 10.0 Å². The monoisotopic (exact) mass is 415 g/mol. The topological polar surface area (TPSA) is 96.3 Å². The molecule has 0 spiro atoms. The second-order valence-electron chi connectivity index (χ2n) is 6.37. The molecule has 1 saturated heterocycles. The molecule has 1 fully saturated rings. The van der Waals surface area contributed by atoms with E-state index in [2.05, 4.69) is 15.1 Å². The van der Waals surface area contributed by atoms with Gasteiger partial charge >= 0.3 is 0 Å². The van der Waals surface area contributed by atoms with E-state index in [9.17, 15) is 17.6 Å². The molecule has 0 aliphatic carbocycles. The standard InChI is InChI=1S/C16H19ClFN5O3S/c1-9-11(8-19-22(9)2)14-7-15(23(3)27(25,26)21-14)16(24)20-10-4-5-13(18)12(17)6-10/h4-6,8,14-15,21H,7H2,1-3H3,(H,20,24)/t14-,15+/m0/s1. The third-order valence-corrected chi connectivity index (χ3v) is 6.59. The quantitative estimate of drug-likeness (QED) is 0.798. The van der Waals surface area contributed by atoms with Crippen LogP contribution in [0.2, 0.25) is 5.02 Å². The molecule has 1 aromatic carbocycles. The maximum atomic E-state index is 13.3. The Balaban J connectivity index is 1.86. The molecule has 2 atom stereocenters. The van der Waals surface area contributed by atoms with Gasteiger partial charge in [0, 0.05) is 31.0 Å². The normalized spacial score (nSPS) is 22.6. The van der Waals surface area contributed by atoms with E-state index < -0.39 is 34.0 Å². The number of carbonyl (C=O) groups excluding carboxylic acids is 1. The summed E-state index contributed by atoms with van der Waals surface area (Å²) in [6.07, 6.45) is 1.80. The van der Waals surface area contributed by atoms with Crippen LogP contribution in [0.25, 0.3) is 0 Å². The first-order chi connectivity index (χ1) is 12.6. The summed E-state index contributed by atoms with van der Waals surface area (Å²) in [6.45, 7) is 1.82. The summed E-state index contributed by atoms with van der Waals surface area (Å²) in [5.74, 6) is -1.14. The van der Waals surface area contributed by atoms with Crippen LogP contribution in [-0.2, 0) is 22.1 Å². The van der Waals surface area contributed by atoms with Crippen LogP contribution in [0, 0.1) is 12.7 Å². The SMILES string of the molecule is Cc1c([C@@H]2C[C@H](C(=O)Nc3ccc(F)c(Cl)c3)N(C)S(=O)(=O)N2)cnn1C. The molecule has 8 nitrogen and oxygen atoms in total. The van der Waals surface area contributed by atoms with Gasteiger partial charge in [-0.2, -0.15) is 22.5 Å². The molecular formula is C16H19ClFN5O3S. The van der Waals surface area contributed by atoms with Crippen molar-refractivity contribution in [3.8, 4) is 0 Å². The smallest absolute Gasteiger partial charge is 0.280 e. The fraction of sp³-hybridized carbons (Fsp3) is 0.375. The van der Waals surface area contributed by atoms with Gasteiger partial charge in [-0.1, -0.05) is 11.6 Å². The van der Waals surface area contributed by atoms with Gasteiger partial charge in [0.15, 0.2) is 0 Å². The lowest BCUT2D eigenvalue weighted by atomic mass is 10.00. The second-order valence-corrected chi connectivity index (χ2v) is 8.54. The van der Waals surface area contributed by atoms with Gasteiger partial charge in [-0.15, -0.1) is 0 Å². The van der Waals surface area contributed by atoms with E-state index in [0.29, 0.717) is 5.56 Å². The van der Waals surface area contributed by atoms with Crippen molar-refractivity contribution in [2.75, 3.05) is 12.4 Å². The molecule has 2 N–H and O–H groups in total. The number of carbonyl (C=O) groups is 1. The molecule has 146 valence electrons. The zero-order valence-corrected chi connectivity index (χ0v) is 16.5. The maximum absolute atomic E-state index is 13.3. The summed E-state index contributed by atoms with van der Waals surface area (Å²) in [6, 6.07) is 2.21. The molecule has 1 aliphatic rings. The van der Waals surface area contributed by atoms with Gasteiger partial charge in [0.05, 0.1) is 17.3 Å². The highest BCUT2D eigenvalue weighted by Crippen LogP contribution is 2.30. The number of rotatable bonds is 3. The number of hydrogen-bond acceptors (Lipinski definition) is 4. The van der Waals surface area contributed by atoms with E-state index in [1.165, 1.54) is 19.2 Å². The number of nitrogens with zero attached hydrogens (tertiary/aromatic N) is 3. The zero-order chi connectivity index (χ0) is 19.9. The van der Waals surface area contributed by atoms with Gasteiger partial charge in [-0.3, -0.25) is 9.48 Å². The van der Waals surface area contributed by atoms with Crippen LogP contribution in [0.3, 0.4) is 0 Å². The van der Waals surface area contributed by atoms with Gasteiger partial charge in [0.2, 0.25) is 5.91 Å². The van der Waals surface area contributed by atoms with Gasteiger partial charge in [0.1, 0.15) is 11.9 Å². The molecule has 1 aromatic heterocycles. The van der Waals surface area contributed by atoms with E-state index in [4.69, 9.17) is 11.6 Å². The van der Waals surface area contributed by atoms with Crippen LogP contribution in [-0.4, -0.2) is 41.5 Å². The van der Waals surface area contributed by atoms with Crippen molar-refractivity contribution >= 4 is 33.4 Å². The molecule has 0 unspecified atom stereocenters. The van der Waals surface area contributed by atoms with Crippen LogP contribution in [0.4, 0.5) is 10.1 Å². The van der Waals surface area contributed by atoms with E-state index >= 15 is 0 Å². The largest absolute Gasteiger partial charge is 0.325 e. The number of amides is 1. The summed E-state index contributed by atoms with van der Waals surface area (Å²) in [5.41, 5.74) is 1.79. The molecule has 0 saturated carbocycles. The van der Waals surface area contributed by atoms with Gasteiger partial charge < -0.3 is 5.32 Å². The molecule has 11 heteroatoms. The van der Waals surface area contributed by atoms with Gasteiger partial charge in [-0.25, -0.2) is 4.39 Å². The Labute approximate surface area is 161 Å². The number of nitrogens with one attached hydrogen (secondary N) is 2. The van der Waals surface area contributed by atoms with E-state index in [1.807, 2.05) is 6.92 Å². The Hall–Kier alpha value is -2.01. The first-order valence-corrected chi connectivity index (χ1v) is 9.91. The maximum Gasteiger partial charge on any atom is 0.280 e. The second kappa shape index (κ2) is 7.19. The van der Waals surface area contributed by atoms with Crippen LogP contribution >= 0.6 is 11.6 Å². The van der Waals surface area contributed by atoms with Crippen molar-refractivity contribution in [3.05, 3.63) is 46.5 Å². The lowest BCUT2D eigenvalue weighted by molar-refractivity contribution is -0.120. The van der Waals surface area contributed by atoms with Crippen molar-refractivity contribution in [1.82, 2.24) is 18.8 Å². The Morgan fingerprint density at radius 3 is 2.70 bits per heavy atom. The molecule has 1 aliphatic heterocycles. The molecule has 2 heterocycles. The van der Waals surface area contributed by atoms with E-state index in [1.54, 1.807) is 17.9 Å². The lowest BCUT2D eigenvalue weighted by Crippen LogP contribution is -2.56. The number of aryl methyl sites for hydroxylation is 1. The first kappa shape index (κ1) is 19.7. The molecule has 2 aromatic rings. The summed E-state index contributed by atoms with van der Waals surface area (Å²) >= 11 is 5.73. The van der Waals surface area contributed by atoms with Crippen molar-refractivity contribution in [3.63, 3.8) is 0 Å². The lowest BCUT2D eigenvalue weighted by Gasteiger charge is -2.36. The third-order valence-electron chi connectivity index (χ3n) is 4.71. The predicted octanol–water partition coefficient (Wildman–Crippen LogP) is 1.74. The summed E-state index contributed by atoms with van der Waals surface area (Å²) < 4.78 is 43.4. The summed E-state index contributed by atoms with van der Waals surface area (Å²) in [5, 5.41) is 6.59. The molecule has 0 bridgehead atoms. The van der Waals surface area contributed by atoms with Crippen molar-refractivity contribution in [1.29, 1.82) is 0 Å². The van der Waals surface area contributed by atoms with E-state index in [0.717, 1.165) is 16.1 Å². The predicted molar refractivity (Wildman–Crippen MR) is 98.9 cm³/mol. The first-order valence-electron chi connectivity index (χ1n) is 8.10. The minimum absolute atomic E-state index is 0.136. The molecule has 1 amide bonds. The third kappa shape index (κ3) is 3.84. The average molecular weight is 416 g/mol. The average Bonchev–Trinajstić information content (AvgIpc) is 2.92. The van der Waals surface area contributed by atoms with Crippen LogP contribution in [0.1, 0.15) is 23.7 Å². The highest BCUT2D eigenvalue weighted by atomic mass is 35.5. The number of hydrogen-bond donors (Lipinski definition) is 2. The highest BCUT2D eigenvalue weighted by Gasteiger charge is 2.41. The fourth-order valence-electron chi connectivity index (χ4n) is 2.97. The fourth-order valence-corrected chi connectivity index (χ4v) is 4.42. The van der Waals surface area contributed by atoms with Gasteiger partial charge in [0.25, 0.3) is 10.2 Å². The minimum Gasteiger partial charge on any atom is -0.325 e. The van der Waals surface area contributed by atoms with Crippen LogP contribution in [0.15, 0.2) is 24.4 Å². The number of anilines is 1. The Morgan fingerprint density at radius 1 is 1.41 bits per heavy atom. The molecule has 0 radical (unpaired) electrons. The van der Waals surface area contributed by atoms with Crippen molar-refractivity contribution in [2.45, 2.75) is 25.4 Å². The van der Waals surface area contributed by atoms with Crippen LogP contribution in [0.5, 0.6) is 0 Å². The summed E-state index contributed by atoms with van der Waals surface area (Å²) in [7, 11) is -0.784. The summed E-state index contributed by atoms with van der Waals surface area (Å²) in [4.78, 5) is 12.7. The Morgan fingerprint density at radius 2 is 2.11 bits per heavy atom. The molecule has 3 rings (SSSR count). The number of benzene rings is 1. The minimum atomic E-state index is -3.87. The number of aromatic nitrogens is 2. The van der Waals surface area contributed by atoms with Crippen molar-refractivity contribution < 1.29 is 17.6 Å². The number of halogens is 2. The molecule has 27 heavy (non-hydrogen) atoms. The van der Waals surface area contributed by atoms with Gasteiger partial charge in [-0.05, 0) is 31.5 Å². The highest BCUT2D eigenvalue weighted by molar-refractivity contribution is 7.87.